The van der Waals surface area contributed by atoms with Crippen molar-refractivity contribution in [3.05, 3.63) is 11.8 Å². The van der Waals surface area contributed by atoms with Crippen LogP contribution in [0.25, 0.3) is 0 Å². The molecule has 0 bridgehead atoms. The highest BCUT2D eigenvalue weighted by atomic mass is 32.2. The van der Waals surface area contributed by atoms with E-state index in [1.54, 1.807) is 16.4 Å². The van der Waals surface area contributed by atoms with Gasteiger partial charge in [-0.1, -0.05) is 41.5 Å². The molecule has 1 heterocycles. The Balaban J connectivity index is 2.91. The second kappa shape index (κ2) is 5.67. The van der Waals surface area contributed by atoms with E-state index in [2.05, 4.69) is 52.0 Å². The van der Waals surface area contributed by atoms with Gasteiger partial charge in [-0.05, 0) is 13.8 Å². The first-order valence-corrected chi connectivity index (χ1v) is 8.10. The minimum absolute atomic E-state index is 0.00545. The lowest BCUT2D eigenvalue weighted by molar-refractivity contribution is -0.117. The SMILES string of the molecule is Cn1nc(C(C)(C)C)cc1NC(=O)C(C)(C)SC(C)(C)C. The van der Waals surface area contributed by atoms with Crippen molar-refractivity contribution in [1.82, 2.24) is 9.78 Å². The lowest BCUT2D eigenvalue weighted by Crippen LogP contribution is -2.37. The number of nitrogens with zero attached hydrogens (tertiary/aromatic N) is 2. The fraction of sp³-hybridized carbons (Fsp3) is 0.750. The average molecular weight is 311 g/mol. The van der Waals surface area contributed by atoms with Crippen molar-refractivity contribution in [3.8, 4) is 0 Å². The molecule has 0 unspecified atom stereocenters. The molecule has 5 heteroatoms. The van der Waals surface area contributed by atoms with Gasteiger partial charge < -0.3 is 5.32 Å². The summed E-state index contributed by atoms with van der Waals surface area (Å²) in [6.45, 7) is 16.6. The van der Waals surface area contributed by atoms with E-state index >= 15 is 0 Å². The van der Waals surface area contributed by atoms with Crippen molar-refractivity contribution < 1.29 is 4.79 Å². The monoisotopic (exact) mass is 311 g/mol. The Bertz CT molecular complexity index is 519. The normalized spacial score (nSPS) is 13.4. The van der Waals surface area contributed by atoms with Crippen LogP contribution >= 0.6 is 11.8 Å². The fourth-order valence-corrected chi connectivity index (χ4v) is 3.70. The minimum Gasteiger partial charge on any atom is -0.310 e. The van der Waals surface area contributed by atoms with Gasteiger partial charge in [-0.3, -0.25) is 9.48 Å². The van der Waals surface area contributed by atoms with Crippen molar-refractivity contribution in [3.63, 3.8) is 0 Å². The molecule has 0 spiro atoms. The molecule has 4 nitrogen and oxygen atoms in total. The predicted molar refractivity (Wildman–Crippen MR) is 92.0 cm³/mol. The molecule has 0 aliphatic rings. The highest BCUT2D eigenvalue weighted by Crippen LogP contribution is 2.37. The van der Waals surface area contributed by atoms with Gasteiger partial charge in [-0.25, -0.2) is 0 Å². The van der Waals surface area contributed by atoms with Gasteiger partial charge in [-0.2, -0.15) is 5.10 Å². The minimum atomic E-state index is -0.496. The number of nitrogens with one attached hydrogen (secondary N) is 1. The van der Waals surface area contributed by atoms with Crippen molar-refractivity contribution in [2.24, 2.45) is 7.05 Å². The number of rotatable bonds is 3. The summed E-state index contributed by atoms with van der Waals surface area (Å²) in [6, 6.07) is 1.95. The molecule has 21 heavy (non-hydrogen) atoms. The van der Waals surface area contributed by atoms with Gasteiger partial charge in [-0.15, -0.1) is 11.8 Å². The smallest absolute Gasteiger partial charge is 0.241 e. The Labute approximate surface area is 133 Å². The van der Waals surface area contributed by atoms with E-state index in [0.29, 0.717) is 0 Å². The van der Waals surface area contributed by atoms with Gasteiger partial charge in [0.25, 0.3) is 0 Å². The Morgan fingerprint density at radius 3 is 2.05 bits per heavy atom. The van der Waals surface area contributed by atoms with E-state index in [9.17, 15) is 4.79 Å². The lowest BCUT2D eigenvalue weighted by atomic mass is 9.92. The van der Waals surface area contributed by atoms with Crippen LogP contribution in [0.15, 0.2) is 6.07 Å². The molecule has 0 saturated carbocycles. The van der Waals surface area contributed by atoms with E-state index in [1.807, 2.05) is 27.0 Å². The van der Waals surface area contributed by atoms with Crippen molar-refractivity contribution in [2.75, 3.05) is 5.32 Å². The summed E-state index contributed by atoms with van der Waals surface area (Å²) >= 11 is 1.66. The second-order valence-electron chi connectivity index (χ2n) is 7.97. The van der Waals surface area contributed by atoms with Crippen LogP contribution in [0, 0.1) is 0 Å². The number of thioether (sulfide) groups is 1. The zero-order valence-corrected chi connectivity index (χ0v) is 15.6. The third-order valence-electron chi connectivity index (χ3n) is 3.00. The number of amides is 1. The largest absolute Gasteiger partial charge is 0.310 e. The maximum Gasteiger partial charge on any atom is 0.241 e. The summed E-state index contributed by atoms with van der Waals surface area (Å²) in [5.41, 5.74) is 0.942. The Kier molecular flexibility index (Phi) is 4.88. The van der Waals surface area contributed by atoms with Gasteiger partial charge in [0.1, 0.15) is 5.82 Å². The maximum atomic E-state index is 12.6. The van der Waals surface area contributed by atoms with Gasteiger partial charge >= 0.3 is 0 Å². The van der Waals surface area contributed by atoms with Crippen molar-refractivity contribution >= 4 is 23.5 Å². The molecule has 1 amide bonds. The number of aryl methyl sites for hydroxylation is 1. The molecule has 1 N–H and O–H groups in total. The summed E-state index contributed by atoms with van der Waals surface area (Å²) < 4.78 is 1.27. The van der Waals surface area contributed by atoms with Crippen LogP contribution in [0.2, 0.25) is 0 Å². The predicted octanol–water partition coefficient (Wildman–Crippen LogP) is 3.97. The lowest BCUT2D eigenvalue weighted by Gasteiger charge is -2.30. The van der Waals surface area contributed by atoms with Crippen LogP contribution in [-0.4, -0.2) is 25.2 Å². The highest BCUT2D eigenvalue weighted by Gasteiger charge is 2.34. The van der Waals surface area contributed by atoms with Crippen LogP contribution in [0.5, 0.6) is 0 Å². The van der Waals surface area contributed by atoms with E-state index in [-0.39, 0.29) is 16.1 Å². The van der Waals surface area contributed by atoms with Crippen molar-refractivity contribution in [2.45, 2.75) is 70.3 Å². The van der Waals surface area contributed by atoms with Crippen LogP contribution in [0.4, 0.5) is 5.82 Å². The summed E-state index contributed by atoms with van der Waals surface area (Å²) in [4.78, 5) is 12.6. The maximum absolute atomic E-state index is 12.6. The first-order valence-electron chi connectivity index (χ1n) is 7.28. The fourth-order valence-electron chi connectivity index (χ4n) is 2.03. The highest BCUT2D eigenvalue weighted by molar-refractivity contribution is 8.02. The summed E-state index contributed by atoms with van der Waals surface area (Å²) in [7, 11) is 1.86. The van der Waals surface area contributed by atoms with Gasteiger partial charge in [0.2, 0.25) is 5.91 Å². The number of hydrogen-bond acceptors (Lipinski definition) is 3. The Morgan fingerprint density at radius 2 is 1.67 bits per heavy atom. The molecule has 0 atom stereocenters. The van der Waals surface area contributed by atoms with Crippen LogP contribution < -0.4 is 5.32 Å². The standard InChI is InChI=1S/C16H29N3OS/c1-14(2,3)11-10-12(19(9)18-11)17-13(20)16(7,8)21-15(4,5)6/h10H,1-9H3,(H,17,20). The molecule has 0 fully saturated rings. The number of carbonyl (C=O) groups is 1. The van der Waals surface area contributed by atoms with E-state index in [1.165, 1.54) is 0 Å². The number of hydrogen-bond donors (Lipinski definition) is 1. The van der Waals surface area contributed by atoms with Crippen molar-refractivity contribution in [1.29, 1.82) is 0 Å². The van der Waals surface area contributed by atoms with E-state index in [4.69, 9.17) is 0 Å². The van der Waals surface area contributed by atoms with Crippen LogP contribution in [0.1, 0.15) is 61.1 Å². The molecular weight excluding hydrogens is 282 g/mol. The van der Waals surface area contributed by atoms with E-state index < -0.39 is 4.75 Å². The zero-order chi connectivity index (χ0) is 16.6. The first kappa shape index (κ1) is 18.1. The van der Waals surface area contributed by atoms with Crippen LogP contribution in [-0.2, 0) is 17.3 Å². The van der Waals surface area contributed by atoms with Crippen LogP contribution in [0.3, 0.4) is 0 Å². The quantitative estimate of drug-likeness (QED) is 0.919. The molecule has 0 radical (unpaired) electrons. The molecule has 0 aliphatic heterocycles. The molecule has 0 saturated heterocycles. The average Bonchev–Trinajstić information content (AvgIpc) is 2.56. The third-order valence-corrected chi connectivity index (χ3v) is 4.31. The molecule has 120 valence electrons. The Hall–Kier alpha value is -0.970. The summed E-state index contributed by atoms with van der Waals surface area (Å²) in [5.74, 6) is 0.749. The number of aromatic nitrogens is 2. The summed E-state index contributed by atoms with van der Waals surface area (Å²) in [5, 5.41) is 7.49. The first-order chi connectivity index (χ1) is 9.22. The van der Waals surface area contributed by atoms with Gasteiger partial charge in [0.05, 0.1) is 10.4 Å². The molecule has 1 aromatic rings. The number of carbonyl (C=O) groups excluding carboxylic acids is 1. The molecular formula is C16H29N3OS. The topological polar surface area (TPSA) is 46.9 Å². The molecule has 0 aromatic carbocycles. The van der Waals surface area contributed by atoms with Gasteiger partial charge in [0, 0.05) is 23.3 Å². The molecule has 1 rings (SSSR count). The van der Waals surface area contributed by atoms with E-state index in [0.717, 1.165) is 11.5 Å². The number of anilines is 1. The molecule has 0 aliphatic carbocycles. The van der Waals surface area contributed by atoms with Gasteiger partial charge in [0.15, 0.2) is 0 Å². The second-order valence-corrected chi connectivity index (χ2v) is 10.4. The third kappa shape index (κ3) is 5.06. The Morgan fingerprint density at radius 1 is 1.14 bits per heavy atom. The zero-order valence-electron chi connectivity index (χ0n) is 14.8. The molecule has 1 aromatic heterocycles. The summed E-state index contributed by atoms with van der Waals surface area (Å²) in [6.07, 6.45) is 0.